The van der Waals surface area contributed by atoms with Gasteiger partial charge >= 0.3 is 0 Å². The van der Waals surface area contributed by atoms with Gasteiger partial charge in [-0.3, -0.25) is 14.7 Å². The number of nitrogens with one attached hydrogen (secondary N) is 1. The van der Waals surface area contributed by atoms with Gasteiger partial charge in [-0.05, 0) is 42.0 Å². The van der Waals surface area contributed by atoms with Gasteiger partial charge in [0.1, 0.15) is 5.75 Å². The molecule has 0 aliphatic carbocycles. The van der Waals surface area contributed by atoms with Crippen molar-refractivity contribution in [1.82, 2.24) is 14.9 Å². The van der Waals surface area contributed by atoms with E-state index in [2.05, 4.69) is 33.8 Å². The van der Waals surface area contributed by atoms with Gasteiger partial charge in [-0.15, -0.1) is 0 Å². The molecule has 1 aromatic heterocycles. The summed E-state index contributed by atoms with van der Waals surface area (Å²) in [6.07, 6.45) is 3.04. The molecule has 0 spiro atoms. The van der Waals surface area contributed by atoms with Gasteiger partial charge in [-0.25, -0.2) is 4.98 Å². The monoisotopic (exact) mass is 404 g/mol. The molecule has 30 heavy (non-hydrogen) atoms. The zero-order valence-corrected chi connectivity index (χ0v) is 17.4. The van der Waals surface area contributed by atoms with E-state index in [4.69, 9.17) is 4.98 Å². The Kier molecular flexibility index (Phi) is 4.95. The fourth-order valence-corrected chi connectivity index (χ4v) is 4.86. The van der Waals surface area contributed by atoms with Gasteiger partial charge in [0.05, 0.1) is 5.69 Å². The molecule has 0 amide bonds. The summed E-state index contributed by atoms with van der Waals surface area (Å²) in [5.41, 5.74) is 2.62. The van der Waals surface area contributed by atoms with E-state index < -0.39 is 0 Å². The summed E-state index contributed by atoms with van der Waals surface area (Å²) in [6.45, 7) is 6.17. The molecule has 5 rings (SSSR count). The smallest absolute Gasteiger partial charge is 0.255 e. The quantitative estimate of drug-likeness (QED) is 0.700. The van der Waals surface area contributed by atoms with E-state index in [1.165, 1.54) is 6.42 Å². The molecule has 1 fully saturated rings. The lowest BCUT2D eigenvalue weighted by Gasteiger charge is -2.33. The third-order valence-electron chi connectivity index (χ3n) is 6.49. The number of H-pyrrole nitrogens is 1. The first-order valence-electron chi connectivity index (χ1n) is 10.9. The van der Waals surface area contributed by atoms with E-state index in [0.29, 0.717) is 37.1 Å². The summed E-state index contributed by atoms with van der Waals surface area (Å²) in [5.74, 6) is 1.65. The Morgan fingerprint density at radius 3 is 2.93 bits per heavy atom. The number of hydrogen-bond acceptors (Lipinski definition) is 5. The highest BCUT2D eigenvalue weighted by Crippen LogP contribution is 2.30. The lowest BCUT2D eigenvalue weighted by Crippen LogP contribution is -2.39. The minimum atomic E-state index is 0.000819. The average Bonchev–Trinajstić information content (AvgIpc) is 2.75. The predicted octanol–water partition coefficient (Wildman–Crippen LogP) is 3.42. The summed E-state index contributed by atoms with van der Waals surface area (Å²) in [6, 6.07) is 11.9. The van der Waals surface area contributed by atoms with Crippen LogP contribution in [0.25, 0.3) is 10.8 Å². The van der Waals surface area contributed by atoms with Crippen LogP contribution in [0.3, 0.4) is 0 Å². The number of benzene rings is 2. The number of piperidine rings is 1. The van der Waals surface area contributed by atoms with Gasteiger partial charge in [0.15, 0.2) is 0 Å². The van der Waals surface area contributed by atoms with Gasteiger partial charge in [0.25, 0.3) is 5.56 Å². The number of nitrogens with zero attached hydrogens (tertiary/aromatic N) is 3. The van der Waals surface area contributed by atoms with E-state index >= 15 is 0 Å². The molecule has 2 N–H and O–H groups in total. The van der Waals surface area contributed by atoms with Crippen LogP contribution in [0, 0.1) is 5.92 Å². The van der Waals surface area contributed by atoms with Crippen LogP contribution < -0.4 is 10.5 Å². The van der Waals surface area contributed by atoms with Crippen molar-refractivity contribution in [2.24, 2.45) is 5.92 Å². The molecule has 0 saturated carbocycles. The molecule has 0 unspecified atom stereocenters. The van der Waals surface area contributed by atoms with Crippen LogP contribution in [0.5, 0.6) is 5.75 Å². The molecule has 3 heterocycles. The minimum absolute atomic E-state index is 0.000819. The fraction of sp³-hybridized carbons (Fsp3) is 0.417. The van der Waals surface area contributed by atoms with Crippen LogP contribution in [0.4, 0.5) is 5.95 Å². The lowest BCUT2D eigenvalue weighted by atomic mass is 10.0. The zero-order valence-electron chi connectivity index (χ0n) is 17.4. The Morgan fingerprint density at radius 1 is 1.20 bits per heavy atom. The maximum Gasteiger partial charge on any atom is 0.255 e. The molecular formula is C24H28N4O2. The fourth-order valence-electron chi connectivity index (χ4n) is 4.86. The second-order valence-corrected chi connectivity index (χ2v) is 8.75. The number of rotatable bonds is 3. The van der Waals surface area contributed by atoms with Gasteiger partial charge in [0.2, 0.25) is 5.95 Å². The molecule has 2 aliphatic rings. The van der Waals surface area contributed by atoms with Crippen molar-refractivity contribution in [2.45, 2.75) is 39.3 Å². The topological polar surface area (TPSA) is 72.5 Å². The Balaban J connectivity index is 1.42. The van der Waals surface area contributed by atoms with Crippen molar-refractivity contribution >= 4 is 16.7 Å². The minimum Gasteiger partial charge on any atom is -0.508 e. The van der Waals surface area contributed by atoms with Crippen LogP contribution in [-0.2, 0) is 19.5 Å². The summed E-state index contributed by atoms with van der Waals surface area (Å²) < 4.78 is 0. The van der Waals surface area contributed by atoms with Gasteiger partial charge in [0, 0.05) is 43.9 Å². The summed E-state index contributed by atoms with van der Waals surface area (Å²) in [4.78, 5) is 25.1. The third kappa shape index (κ3) is 3.56. The molecule has 0 radical (unpaired) electrons. The second-order valence-electron chi connectivity index (χ2n) is 8.75. The normalized spacial score (nSPS) is 19.8. The van der Waals surface area contributed by atoms with Crippen molar-refractivity contribution < 1.29 is 5.11 Å². The van der Waals surface area contributed by atoms with E-state index in [1.807, 2.05) is 18.2 Å². The number of hydrogen-bond donors (Lipinski definition) is 2. The first-order valence-corrected chi connectivity index (χ1v) is 10.9. The molecule has 1 atom stereocenters. The Labute approximate surface area is 176 Å². The average molecular weight is 405 g/mol. The molecule has 2 aliphatic heterocycles. The molecule has 1 saturated heterocycles. The summed E-state index contributed by atoms with van der Waals surface area (Å²) in [5, 5.41) is 12.7. The van der Waals surface area contributed by atoms with Crippen molar-refractivity contribution in [2.75, 3.05) is 24.5 Å². The van der Waals surface area contributed by atoms with E-state index in [0.717, 1.165) is 53.6 Å². The molecule has 3 aromatic rings. The number of anilines is 1. The Bertz CT molecular complexity index is 1140. The largest absolute Gasteiger partial charge is 0.508 e. The molecule has 6 nitrogen and oxygen atoms in total. The van der Waals surface area contributed by atoms with Crippen molar-refractivity contribution in [3.05, 3.63) is 63.6 Å². The maximum absolute atomic E-state index is 12.7. The highest BCUT2D eigenvalue weighted by molar-refractivity contribution is 5.87. The van der Waals surface area contributed by atoms with Gasteiger partial charge in [-0.2, -0.15) is 0 Å². The first-order chi connectivity index (χ1) is 14.6. The first kappa shape index (κ1) is 19.1. The Morgan fingerprint density at radius 2 is 2.07 bits per heavy atom. The van der Waals surface area contributed by atoms with Crippen LogP contribution in [0.2, 0.25) is 0 Å². The highest BCUT2D eigenvalue weighted by atomic mass is 16.3. The van der Waals surface area contributed by atoms with Crippen LogP contribution in [0.1, 0.15) is 36.6 Å². The number of aromatic nitrogens is 2. The summed E-state index contributed by atoms with van der Waals surface area (Å²) >= 11 is 0. The number of aromatic amines is 1. The van der Waals surface area contributed by atoms with Crippen molar-refractivity contribution in [3.8, 4) is 5.75 Å². The molecule has 156 valence electrons. The van der Waals surface area contributed by atoms with Crippen molar-refractivity contribution in [1.29, 1.82) is 0 Å². The van der Waals surface area contributed by atoms with E-state index in [9.17, 15) is 9.90 Å². The van der Waals surface area contributed by atoms with Gasteiger partial charge < -0.3 is 10.0 Å². The van der Waals surface area contributed by atoms with Crippen LogP contribution >= 0.6 is 0 Å². The Hall–Kier alpha value is -2.86. The zero-order chi connectivity index (χ0) is 20.7. The highest BCUT2D eigenvalue weighted by Gasteiger charge is 2.25. The van der Waals surface area contributed by atoms with E-state index in [1.54, 1.807) is 6.07 Å². The molecule has 6 heteroatoms. The maximum atomic E-state index is 12.7. The van der Waals surface area contributed by atoms with Gasteiger partial charge in [-0.1, -0.05) is 37.3 Å². The molecular weight excluding hydrogens is 376 g/mol. The van der Waals surface area contributed by atoms with Crippen molar-refractivity contribution in [3.63, 3.8) is 0 Å². The summed E-state index contributed by atoms with van der Waals surface area (Å²) in [7, 11) is 0. The standard InChI is InChI=1S/C24H28N4O2/c1-16-5-4-11-28(13-16)24-25-21-15-27(12-10-19(21)23(30)26-24)14-20-18-7-3-2-6-17(18)8-9-22(20)29/h2-3,6-9,16,29H,4-5,10-15H2,1H3,(H,25,26,30)/t16-/m1/s1. The predicted molar refractivity (Wildman–Crippen MR) is 119 cm³/mol. The van der Waals surface area contributed by atoms with Crippen LogP contribution in [-0.4, -0.2) is 39.6 Å². The van der Waals surface area contributed by atoms with Crippen LogP contribution in [0.15, 0.2) is 41.2 Å². The number of aromatic hydroxyl groups is 1. The SMILES string of the molecule is C[C@@H]1CCCN(c2nc3c(c(=O)[nH]2)CCN(Cc2c(O)ccc4ccccc24)C3)C1. The van der Waals surface area contributed by atoms with E-state index in [-0.39, 0.29) is 5.56 Å². The second kappa shape index (κ2) is 7.76. The molecule has 2 aromatic carbocycles. The number of fused-ring (bicyclic) bond motifs is 2. The third-order valence-corrected chi connectivity index (χ3v) is 6.49. The lowest BCUT2D eigenvalue weighted by molar-refractivity contribution is 0.238. The molecule has 0 bridgehead atoms. The number of phenolic OH excluding ortho intramolecular Hbond substituents is 1. The number of phenols is 1.